The maximum atomic E-state index is 15.1. The van der Waals surface area contributed by atoms with Gasteiger partial charge in [-0.3, -0.25) is 4.79 Å². The van der Waals surface area contributed by atoms with E-state index in [-0.39, 0.29) is 33.6 Å². The van der Waals surface area contributed by atoms with Gasteiger partial charge in [-0.15, -0.1) is 10.2 Å². The number of anilines is 1. The Morgan fingerprint density at radius 1 is 1.09 bits per heavy atom. The van der Waals surface area contributed by atoms with Crippen molar-refractivity contribution in [2.24, 2.45) is 7.05 Å². The number of aryl methyl sites for hydroxylation is 1. The third-order valence-electron chi connectivity index (χ3n) is 7.76. The summed E-state index contributed by atoms with van der Waals surface area (Å²) < 4.78 is 16.5. The van der Waals surface area contributed by atoms with Crippen LogP contribution in [-0.4, -0.2) is 44.0 Å². The number of fused-ring (bicyclic) bond motifs is 2. The Labute approximate surface area is 204 Å². The Bertz CT molecular complexity index is 1280. The van der Waals surface area contributed by atoms with Gasteiger partial charge in [-0.2, -0.15) is 0 Å². The molecule has 5 rings (SSSR count). The molecule has 3 aromatic rings. The zero-order chi connectivity index (χ0) is 25.0. The van der Waals surface area contributed by atoms with Crippen LogP contribution in [0.15, 0.2) is 47.4 Å². The second-order valence-corrected chi connectivity index (χ2v) is 10.8. The van der Waals surface area contributed by atoms with Crippen molar-refractivity contribution < 1.29 is 9.50 Å². The summed E-state index contributed by atoms with van der Waals surface area (Å²) in [6.45, 7) is 4.61. The minimum absolute atomic E-state index is 0.00397. The first-order valence-electron chi connectivity index (χ1n) is 12.1. The lowest BCUT2D eigenvalue weighted by atomic mass is 9.69. The Morgan fingerprint density at radius 2 is 1.80 bits per heavy atom. The second-order valence-electron chi connectivity index (χ2n) is 10.8. The smallest absolute Gasteiger partial charge is 0.250 e. The topological polar surface area (TPSA) is 83.3 Å². The number of pyridine rings is 1. The lowest BCUT2D eigenvalue weighted by molar-refractivity contribution is 0.0784. The Morgan fingerprint density at radius 3 is 2.40 bits per heavy atom. The highest BCUT2D eigenvalue weighted by Gasteiger charge is 2.46. The molecule has 7 nitrogen and oxygen atoms in total. The van der Waals surface area contributed by atoms with Crippen LogP contribution in [0.1, 0.15) is 46.0 Å². The molecule has 0 saturated carbocycles. The molecule has 0 spiro atoms. The number of rotatable bonds is 4. The summed E-state index contributed by atoms with van der Waals surface area (Å²) in [6, 6.07) is 9.72. The summed E-state index contributed by atoms with van der Waals surface area (Å²) in [4.78, 5) is 14.1. The average molecular weight is 478 g/mol. The number of phenols is 1. The molecule has 2 saturated heterocycles. The number of hydrogen-bond acceptors (Lipinski definition) is 6. The van der Waals surface area contributed by atoms with Crippen LogP contribution in [0.5, 0.6) is 5.75 Å². The van der Waals surface area contributed by atoms with Crippen LogP contribution in [0.2, 0.25) is 0 Å². The van der Waals surface area contributed by atoms with E-state index in [9.17, 15) is 9.90 Å². The molecule has 2 aliphatic rings. The number of hydrogen-bond donors (Lipinski definition) is 2. The van der Waals surface area contributed by atoms with Crippen LogP contribution in [0.3, 0.4) is 0 Å². The van der Waals surface area contributed by atoms with Crippen molar-refractivity contribution in [1.82, 2.24) is 20.1 Å². The first-order valence-corrected chi connectivity index (χ1v) is 12.1. The van der Waals surface area contributed by atoms with Crippen molar-refractivity contribution in [2.45, 2.75) is 63.1 Å². The molecule has 4 heterocycles. The van der Waals surface area contributed by atoms with E-state index in [4.69, 9.17) is 0 Å². The second kappa shape index (κ2) is 8.45. The molecule has 0 aliphatic carbocycles. The summed E-state index contributed by atoms with van der Waals surface area (Å²) in [5.74, 6) is -0.145. The van der Waals surface area contributed by atoms with Crippen molar-refractivity contribution in [3.05, 3.63) is 58.8 Å². The SMILES string of the molecule is CN(c1ccc(-c2c(O)cc(-c3ccn(C)c(=O)c3)cc2F)nn1)[C@H]1C[C@]2(C)CCC[C@](C)(C1)N2. The molecule has 35 heavy (non-hydrogen) atoms. The van der Waals surface area contributed by atoms with E-state index in [1.807, 2.05) is 13.1 Å². The van der Waals surface area contributed by atoms with Crippen molar-refractivity contribution in [2.75, 3.05) is 11.9 Å². The molecule has 2 N–H and O–H groups in total. The zero-order valence-corrected chi connectivity index (χ0v) is 20.7. The predicted molar refractivity (Wildman–Crippen MR) is 135 cm³/mol. The molecule has 3 atom stereocenters. The number of halogens is 1. The van der Waals surface area contributed by atoms with Gasteiger partial charge in [-0.05, 0) is 87.4 Å². The lowest BCUT2D eigenvalue weighted by Crippen LogP contribution is -2.66. The fourth-order valence-electron chi connectivity index (χ4n) is 5.99. The van der Waals surface area contributed by atoms with Gasteiger partial charge in [-0.25, -0.2) is 4.39 Å². The van der Waals surface area contributed by atoms with Gasteiger partial charge in [0.1, 0.15) is 11.6 Å². The normalized spacial score (nSPS) is 25.9. The maximum absolute atomic E-state index is 15.1. The highest BCUT2D eigenvalue weighted by atomic mass is 19.1. The van der Waals surface area contributed by atoms with Gasteiger partial charge in [0.15, 0.2) is 5.82 Å². The Hall–Kier alpha value is -3.26. The van der Waals surface area contributed by atoms with E-state index in [0.717, 1.165) is 18.7 Å². The van der Waals surface area contributed by atoms with Crippen LogP contribution < -0.4 is 15.8 Å². The summed E-state index contributed by atoms with van der Waals surface area (Å²) >= 11 is 0. The standard InChI is InChI=1S/C27H32FN5O2/c1-26-9-5-10-27(2,31-26)16-19(15-26)33(4)23-7-6-21(29-30-23)25-20(28)12-18(13-22(25)34)17-8-11-32(3)24(35)14-17/h6-8,11-14,19,31,34H,5,9-10,15-16H2,1-4H3/t19-,26-,27+. The van der Waals surface area contributed by atoms with Crippen LogP contribution in [0, 0.1) is 5.82 Å². The highest BCUT2D eigenvalue weighted by molar-refractivity contribution is 5.75. The molecule has 0 unspecified atom stereocenters. The van der Waals surface area contributed by atoms with Crippen molar-refractivity contribution >= 4 is 5.82 Å². The van der Waals surface area contributed by atoms with Gasteiger partial charge >= 0.3 is 0 Å². The number of nitrogens with zero attached hydrogens (tertiary/aromatic N) is 4. The third-order valence-corrected chi connectivity index (χ3v) is 7.76. The number of phenolic OH excluding ortho intramolecular Hbond substituents is 1. The molecule has 2 bridgehead atoms. The van der Waals surface area contributed by atoms with Crippen molar-refractivity contribution in [3.8, 4) is 28.1 Å². The van der Waals surface area contributed by atoms with E-state index in [0.29, 0.717) is 17.2 Å². The molecule has 8 heteroatoms. The Kier molecular flexibility index (Phi) is 5.67. The summed E-state index contributed by atoms with van der Waals surface area (Å²) in [6.07, 6.45) is 7.26. The lowest BCUT2D eigenvalue weighted by Gasteiger charge is -2.55. The summed E-state index contributed by atoms with van der Waals surface area (Å²) in [5, 5.41) is 23.1. The molecule has 1 aromatic carbocycles. The monoisotopic (exact) mass is 477 g/mol. The van der Waals surface area contributed by atoms with Crippen molar-refractivity contribution in [3.63, 3.8) is 0 Å². The molecule has 184 valence electrons. The van der Waals surface area contributed by atoms with Gasteiger partial charge < -0.3 is 19.9 Å². The van der Waals surface area contributed by atoms with Gasteiger partial charge in [0, 0.05) is 43.5 Å². The average Bonchev–Trinajstić information content (AvgIpc) is 2.79. The van der Waals surface area contributed by atoms with Crippen LogP contribution in [-0.2, 0) is 7.05 Å². The number of benzene rings is 1. The molecular formula is C27H32FN5O2. The van der Waals surface area contributed by atoms with E-state index in [1.165, 1.54) is 42.0 Å². The first-order chi connectivity index (χ1) is 16.6. The van der Waals surface area contributed by atoms with Crippen LogP contribution in [0.25, 0.3) is 22.4 Å². The minimum atomic E-state index is -0.622. The van der Waals surface area contributed by atoms with Gasteiger partial charge in [0.25, 0.3) is 5.56 Å². The molecular weight excluding hydrogens is 445 g/mol. The van der Waals surface area contributed by atoms with E-state index in [2.05, 4.69) is 34.3 Å². The van der Waals surface area contributed by atoms with Crippen molar-refractivity contribution in [1.29, 1.82) is 0 Å². The van der Waals surface area contributed by atoms with E-state index < -0.39 is 5.82 Å². The van der Waals surface area contributed by atoms with Gasteiger partial charge in [0.2, 0.25) is 0 Å². The highest BCUT2D eigenvalue weighted by Crippen LogP contribution is 2.42. The minimum Gasteiger partial charge on any atom is -0.507 e. The van der Waals surface area contributed by atoms with Crippen LogP contribution in [0.4, 0.5) is 10.2 Å². The Balaban J connectivity index is 1.39. The van der Waals surface area contributed by atoms with Gasteiger partial charge in [-0.1, -0.05) is 0 Å². The molecule has 0 amide bonds. The number of aromatic nitrogens is 3. The fourth-order valence-corrected chi connectivity index (χ4v) is 5.99. The molecule has 2 aliphatic heterocycles. The number of nitrogens with one attached hydrogen (secondary N) is 1. The van der Waals surface area contributed by atoms with E-state index >= 15 is 4.39 Å². The van der Waals surface area contributed by atoms with Gasteiger partial charge in [0.05, 0.1) is 11.3 Å². The summed E-state index contributed by atoms with van der Waals surface area (Å²) in [7, 11) is 3.68. The molecule has 0 radical (unpaired) electrons. The molecule has 2 fully saturated rings. The summed E-state index contributed by atoms with van der Waals surface area (Å²) in [5.41, 5.74) is 1.24. The fraction of sp³-hybridized carbons (Fsp3) is 0.444. The molecule has 2 aromatic heterocycles. The maximum Gasteiger partial charge on any atom is 0.250 e. The third kappa shape index (κ3) is 4.43. The number of aromatic hydroxyl groups is 1. The zero-order valence-electron chi connectivity index (χ0n) is 20.7. The largest absolute Gasteiger partial charge is 0.507 e. The van der Waals surface area contributed by atoms with Crippen LogP contribution >= 0.6 is 0 Å². The predicted octanol–water partition coefficient (Wildman–Crippen LogP) is 4.24. The first kappa shape index (κ1) is 23.5. The quantitative estimate of drug-likeness (QED) is 0.585. The number of piperidine rings is 2. The van der Waals surface area contributed by atoms with E-state index in [1.54, 1.807) is 25.4 Å².